The smallest absolute Gasteiger partial charge is 0.339 e. The molecular weight excluding hydrogens is 490 g/mol. The first-order valence-electron chi connectivity index (χ1n) is 12.7. The van der Waals surface area contributed by atoms with Gasteiger partial charge in [-0.05, 0) is 62.8 Å². The van der Waals surface area contributed by atoms with Crippen molar-refractivity contribution < 1.29 is 12.6 Å². The number of hydrogen-bond donors (Lipinski definition) is 1. The van der Waals surface area contributed by atoms with E-state index in [1.54, 1.807) is 42.5 Å². The second-order valence-electron chi connectivity index (χ2n) is 9.11. The number of para-hydroxylation sites is 1. The van der Waals surface area contributed by atoms with Gasteiger partial charge in [0.15, 0.2) is 5.75 Å². The molecule has 3 heterocycles. The van der Waals surface area contributed by atoms with Crippen LogP contribution in [0.1, 0.15) is 44.1 Å². The van der Waals surface area contributed by atoms with E-state index >= 15 is 0 Å². The van der Waals surface area contributed by atoms with Crippen LogP contribution in [0, 0.1) is 0 Å². The molecule has 1 aromatic heterocycles. The predicted octanol–water partition coefficient (Wildman–Crippen LogP) is 4.07. The normalized spacial score (nSPS) is 16.6. The molecule has 194 valence electrons. The Morgan fingerprint density at radius 1 is 0.757 bits per heavy atom. The Morgan fingerprint density at radius 2 is 1.32 bits per heavy atom. The van der Waals surface area contributed by atoms with Gasteiger partial charge in [-0.15, -0.1) is 0 Å². The molecule has 2 aromatic carbocycles. The number of nitrogens with zero attached hydrogens (tertiary/aromatic N) is 6. The standard InChI is InChI=1S/C26H31N7O3S/c34-37(35,22-13-4-1-5-14-22)36-23-15-7-6-12-21(23)20-27-31-24-28-25(32-16-8-2-9-17-32)30-26(29-24)33-18-10-3-11-19-33/h1,4-7,12-15,20H,2-3,8-11,16-19H2,(H,28,29,30,31)/b27-20+. The van der Waals surface area contributed by atoms with Crippen LogP contribution in [0.25, 0.3) is 0 Å². The highest BCUT2D eigenvalue weighted by molar-refractivity contribution is 7.87. The first-order chi connectivity index (χ1) is 18.1. The summed E-state index contributed by atoms with van der Waals surface area (Å²) in [6.45, 7) is 3.69. The molecule has 0 aliphatic carbocycles. The van der Waals surface area contributed by atoms with E-state index in [1.807, 2.05) is 0 Å². The summed E-state index contributed by atoms with van der Waals surface area (Å²) < 4.78 is 30.8. The molecule has 2 saturated heterocycles. The van der Waals surface area contributed by atoms with Gasteiger partial charge in [-0.25, -0.2) is 5.43 Å². The molecule has 5 rings (SSSR count). The molecule has 37 heavy (non-hydrogen) atoms. The van der Waals surface area contributed by atoms with Gasteiger partial charge in [0.2, 0.25) is 17.8 Å². The number of rotatable bonds is 8. The molecule has 2 aliphatic heterocycles. The minimum Gasteiger partial charge on any atom is -0.378 e. The van der Waals surface area contributed by atoms with Gasteiger partial charge in [0.1, 0.15) is 4.90 Å². The van der Waals surface area contributed by atoms with Crippen molar-refractivity contribution in [2.24, 2.45) is 5.10 Å². The van der Waals surface area contributed by atoms with Crippen molar-refractivity contribution in [3.8, 4) is 5.75 Å². The second kappa shape index (κ2) is 11.5. The Morgan fingerprint density at radius 3 is 1.95 bits per heavy atom. The lowest BCUT2D eigenvalue weighted by molar-refractivity contribution is 0.485. The van der Waals surface area contributed by atoms with Gasteiger partial charge >= 0.3 is 10.1 Å². The van der Waals surface area contributed by atoms with Crippen molar-refractivity contribution in [2.45, 2.75) is 43.4 Å². The Bertz CT molecular complexity index is 1290. The molecule has 10 nitrogen and oxygen atoms in total. The zero-order valence-electron chi connectivity index (χ0n) is 20.7. The summed E-state index contributed by atoms with van der Waals surface area (Å²) in [4.78, 5) is 18.5. The van der Waals surface area contributed by atoms with Crippen LogP contribution in [0.5, 0.6) is 5.75 Å². The van der Waals surface area contributed by atoms with Crippen molar-refractivity contribution in [1.82, 2.24) is 15.0 Å². The lowest BCUT2D eigenvalue weighted by atomic mass is 10.1. The van der Waals surface area contributed by atoms with Crippen molar-refractivity contribution in [3.63, 3.8) is 0 Å². The Hall–Kier alpha value is -3.73. The molecule has 2 aliphatic rings. The molecule has 0 bridgehead atoms. The molecule has 0 spiro atoms. The molecule has 0 amide bonds. The fraction of sp³-hybridized carbons (Fsp3) is 0.385. The largest absolute Gasteiger partial charge is 0.378 e. The van der Waals surface area contributed by atoms with Gasteiger partial charge < -0.3 is 14.0 Å². The average Bonchev–Trinajstić information content (AvgIpc) is 2.95. The number of piperidine rings is 2. The van der Waals surface area contributed by atoms with Gasteiger partial charge in [-0.3, -0.25) is 0 Å². The molecular formula is C26H31N7O3S. The number of aromatic nitrogens is 3. The first kappa shape index (κ1) is 24.9. The van der Waals surface area contributed by atoms with E-state index < -0.39 is 10.1 Å². The zero-order valence-corrected chi connectivity index (χ0v) is 21.5. The summed E-state index contributed by atoms with van der Waals surface area (Å²) in [5, 5.41) is 4.31. The predicted molar refractivity (Wildman–Crippen MR) is 144 cm³/mol. The van der Waals surface area contributed by atoms with Crippen LogP contribution in [0.2, 0.25) is 0 Å². The maximum atomic E-state index is 12.7. The van der Waals surface area contributed by atoms with E-state index in [-0.39, 0.29) is 10.6 Å². The number of hydrogen-bond acceptors (Lipinski definition) is 10. The highest BCUT2D eigenvalue weighted by Gasteiger charge is 2.21. The lowest BCUT2D eigenvalue weighted by Gasteiger charge is -2.30. The summed E-state index contributed by atoms with van der Waals surface area (Å²) in [6, 6.07) is 14.9. The quantitative estimate of drug-likeness (QED) is 0.266. The van der Waals surface area contributed by atoms with Crippen molar-refractivity contribution in [1.29, 1.82) is 0 Å². The topological polar surface area (TPSA) is 113 Å². The van der Waals surface area contributed by atoms with E-state index in [0.717, 1.165) is 51.9 Å². The van der Waals surface area contributed by atoms with Crippen LogP contribution in [-0.4, -0.2) is 55.8 Å². The molecule has 11 heteroatoms. The van der Waals surface area contributed by atoms with Crippen molar-refractivity contribution >= 4 is 34.2 Å². The molecule has 0 atom stereocenters. The fourth-order valence-corrected chi connectivity index (χ4v) is 5.43. The van der Waals surface area contributed by atoms with Gasteiger partial charge in [-0.1, -0.05) is 30.3 Å². The van der Waals surface area contributed by atoms with Crippen LogP contribution in [0.15, 0.2) is 64.6 Å². The van der Waals surface area contributed by atoms with Gasteiger partial charge in [-0.2, -0.15) is 28.5 Å². The Kier molecular flexibility index (Phi) is 7.79. The van der Waals surface area contributed by atoms with Crippen LogP contribution >= 0.6 is 0 Å². The van der Waals surface area contributed by atoms with Crippen LogP contribution in [-0.2, 0) is 10.1 Å². The lowest BCUT2D eigenvalue weighted by Crippen LogP contribution is -2.34. The van der Waals surface area contributed by atoms with Gasteiger partial charge in [0, 0.05) is 31.7 Å². The zero-order chi connectivity index (χ0) is 25.5. The summed E-state index contributed by atoms with van der Waals surface area (Å²) in [5.74, 6) is 1.84. The third-order valence-corrected chi connectivity index (χ3v) is 7.66. The van der Waals surface area contributed by atoms with E-state index in [1.165, 1.54) is 31.2 Å². The third kappa shape index (κ3) is 6.34. The SMILES string of the molecule is O=S(=O)(Oc1ccccc1/C=N/Nc1nc(N2CCCCC2)nc(N2CCCCC2)n1)c1ccccc1. The molecule has 3 aromatic rings. The second-order valence-corrected chi connectivity index (χ2v) is 10.7. The maximum Gasteiger partial charge on any atom is 0.339 e. The van der Waals surface area contributed by atoms with E-state index in [2.05, 4.69) is 30.3 Å². The average molecular weight is 522 g/mol. The summed E-state index contributed by atoms with van der Waals surface area (Å²) in [5.41, 5.74) is 3.42. The number of anilines is 3. The van der Waals surface area contributed by atoms with E-state index in [0.29, 0.717) is 23.4 Å². The van der Waals surface area contributed by atoms with E-state index in [9.17, 15) is 8.42 Å². The summed E-state index contributed by atoms with van der Waals surface area (Å²) in [7, 11) is -3.98. The highest BCUT2D eigenvalue weighted by atomic mass is 32.2. The molecule has 1 N–H and O–H groups in total. The monoisotopic (exact) mass is 521 g/mol. The number of benzene rings is 2. The van der Waals surface area contributed by atoms with E-state index in [4.69, 9.17) is 9.17 Å². The third-order valence-electron chi connectivity index (χ3n) is 6.41. The summed E-state index contributed by atoms with van der Waals surface area (Å²) >= 11 is 0. The summed E-state index contributed by atoms with van der Waals surface area (Å²) in [6.07, 6.45) is 8.42. The molecule has 0 saturated carbocycles. The van der Waals surface area contributed by atoms with Crippen molar-refractivity contribution in [3.05, 3.63) is 60.2 Å². The molecule has 0 unspecified atom stereocenters. The fourth-order valence-electron chi connectivity index (χ4n) is 4.45. The van der Waals surface area contributed by atoms with Crippen LogP contribution < -0.4 is 19.4 Å². The number of nitrogens with one attached hydrogen (secondary N) is 1. The highest BCUT2D eigenvalue weighted by Crippen LogP contribution is 2.24. The molecule has 0 radical (unpaired) electrons. The van der Waals surface area contributed by atoms with Crippen LogP contribution in [0.4, 0.5) is 17.8 Å². The molecule has 2 fully saturated rings. The van der Waals surface area contributed by atoms with Crippen molar-refractivity contribution in [2.75, 3.05) is 41.4 Å². The first-order valence-corrected chi connectivity index (χ1v) is 14.1. The Labute approximate surface area is 217 Å². The minimum atomic E-state index is -3.98. The van der Waals surface area contributed by atoms with Gasteiger partial charge in [0.25, 0.3) is 0 Å². The Balaban J connectivity index is 1.36. The van der Waals surface area contributed by atoms with Crippen LogP contribution in [0.3, 0.4) is 0 Å². The minimum absolute atomic E-state index is 0.0838. The maximum absolute atomic E-state index is 12.7. The number of hydrazone groups is 1. The van der Waals surface area contributed by atoms with Gasteiger partial charge in [0.05, 0.1) is 6.21 Å².